The second-order valence-electron chi connectivity index (χ2n) is 2.05. The number of nitro groups is 1. The number of aromatic nitrogens is 2. The van der Waals surface area contributed by atoms with Gasteiger partial charge in [-0.15, -0.1) is 23.2 Å². The molecule has 0 bridgehead atoms. The third kappa shape index (κ3) is 2.09. The molecule has 0 atom stereocenters. The SMILES string of the molecule is O=[N+]([O-])c1[nH]cnc1CC(Cl)Cl. The Morgan fingerprint density at radius 2 is 2.42 bits per heavy atom. The molecular weight excluding hydrogens is 205 g/mol. The van der Waals surface area contributed by atoms with Gasteiger partial charge in [-0.05, 0) is 4.92 Å². The fourth-order valence-electron chi connectivity index (χ4n) is 0.769. The number of rotatable bonds is 3. The predicted octanol–water partition coefficient (Wildman–Crippen LogP) is 1.66. The molecule has 0 spiro atoms. The van der Waals surface area contributed by atoms with E-state index in [0.29, 0.717) is 0 Å². The van der Waals surface area contributed by atoms with Crippen molar-refractivity contribution in [3.63, 3.8) is 0 Å². The van der Waals surface area contributed by atoms with Crippen LogP contribution in [-0.4, -0.2) is 19.7 Å². The molecule has 66 valence electrons. The summed E-state index contributed by atoms with van der Waals surface area (Å²) < 4.78 is 0. The van der Waals surface area contributed by atoms with Crippen LogP contribution in [0.5, 0.6) is 0 Å². The number of alkyl halides is 2. The fourth-order valence-corrected chi connectivity index (χ4v) is 1.06. The van der Waals surface area contributed by atoms with Crippen LogP contribution < -0.4 is 0 Å². The Kier molecular flexibility index (Phi) is 2.88. The van der Waals surface area contributed by atoms with Crippen molar-refractivity contribution in [2.24, 2.45) is 0 Å². The van der Waals surface area contributed by atoms with Crippen molar-refractivity contribution in [3.8, 4) is 0 Å². The summed E-state index contributed by atoms with van der Waals surface area (Å²) in [7, 11) is 0. The lowest BCUT2D eigenvalue weighted by atomic mass is 10.3. The van der Waals surface area contributed by atoms with Crippen LogP contribution in [0.2, 0.25) is 0 Å². The zero-order valence-corrected chi connectivity index (χ0v) is 7.34. The Morgan fingerprint density at radius 1 is 1.75 bits per heavy atom. The fraction of sp³-hybridized carbons (Fsp3) is 0.400. The number of halogens is 2. The van der Waals surface area contributed by atoms with Gasteiger partial charge in [0.15, 0.2) is 6.33 Å². The maximum absolute atomic E-state index is 10.3. The molecule has 0 amide bonds. The second-order valence-corrected chi connectivity index (χ2v) is 3.33. The van der Waals surface area contributed by atoms with Gasteiger partial charge in [0.2, 0.25) is 0 Å². The molecule has 1 rings (SSSR count). The van der Waals surface area contributed by atoms with E-state index in [0.717, 1.165) is 0 Å². The Balaban J connectivity index is 2.84. The van der Waals surface area contributed by atoms with Crippen LogP contribution in [0.3, 0.4) is 0 Å². The van der Waals surface area contributed by atoms with E-state index < -0.39 is 9.76 Å². The Labute approximate surface area is 77.8 Å². The molecule has 7 heteroatoms. The van der Waals surface area contributed by atoms with E-state index in [-0.39, 0.29) is 17.9 Å². The number of hydrogen-bond acceptors (Lipinski definition) is 3. The van der Waals surface area contributed by atoms with Gasteiger partial charge in [0.25, 0.3) is 0 Å². The number of H-pyrrole nitrogens is 1. The van der Waals surface area contributed by atoms with Crippen molar-refractivity contribution in [2.75, 3.05) is 0 Å². The lowest BCUT2D eigenvalue weighted by Crippen LogP contribution is -1.99. The number of imidazole rings is 1. The lowest BCUT2D eigenvalue weighted by Gasteiger charge is -1.96. The van der Waals surface area contributed by atoms with Gasteiger partial charge in [0.1, 0.15) is 10.5 Å². The molecule has 0 saturated carbocycles. The molecule has 0 aliphatic carbocycles. The van der Waals surface area contributed by atoms with Crippen LogP contribution in [0.4, 0.5) is 5.82 Å². The summed E-state index contributed by atoms with van der Waals surface area (Å²) in [6.45, 7) is 0. The van der Waals surface area contributed by atoms with Gasteiger partial charge in [0, 0.05) is 6.42 Å². The first-order valence-electron chi connectivity index (χ1n) is 3.06. The number of aromatic amines is 1. The maximum atomic E-state index is 10.3. The van der Waals surface area contributed by atoms with E-state index in [2.05, 4.69) is 9.97 Å². The Hall–Kier alpha value is -0.810. The van der Waals surface area contributed by atoms with Gasteiger partial charge in [-0.3, -0.25) is 0 Å². The zero-order valence-electron chi connectivity index (χ0n) is 5.83. The average Bonchev–Trinajstić information content (AvgIpc) is 2.33. The average molecular weight is 210 g/mol. The van der Waals surface area contributed by atoms with E-state index in [9.17, 15) is 10.1 Å². The van der Waals surface area contributed by atoms with Gasteiger partial charge in [-0.2, -0.15) is 0 Å². The summed E-state index contributed by atoms with van der Waals surface area (Å²) in [5.41, 5.74) is 0.273. The first-order valence-corrected chi connectivity index (χ1v) is 3.93. The Morgan fingerprint density at radius 3 is 2.92 bits per heavy atom. The lowest BCUT2D eigenvalue weighted by molar-refractivity contribution is -0.390. The summed E-state index contributed by atoms with van der Waals surface area (Å²) >= 11 is 10.9. The molecule has 0 saturated heterocycles. The van der Waals surface area contributed by atoms with E-state index in [1.807, 2.05) is 0 Å². The van der Waals surface area contributed by atoms with Crippen molar-refractivity contribution < 1.29 is 4.92 Å². The van der Waals surface area contributed by atoms with Crippen molar-refractivity contribution >= 4 is 29.0 Å². The molecule has 1 heterocycles. The van der Waals surface area contributed by atoms with Crippen molar-refractivity contribution in [1.82, 2.24) is 9.97 Å². The minimum Gasteiger partial charge on any atom is -0.358 e. The van der Waals surface area contributed by atoms with Crippen molar-refractivity contribution in [2.45, 2.75) is 11.3 Å². The van der Waals surface area contributed by atoms with Crippen molar-refractivity contribution in [3.05, 3.63) is 22.1 Å². The van der Waals surface area contributed by atoms with E-state index in [1.165, 1.54) is 6.33 Å². The van der Waals surface area contributed by atoms with E-state index in [1.54, 1.807) is 0 Å². The molecule has 12 heavy (non-hydrogen) atoms. The van der Waals surface area contributed by atoms with E-state index in [4.69, 9.17) is 23.2 Å². The highest BCUT2D eigenvalue weighted by Crippen LogP contribution is 2.17. The van der Waals surface area contributed by atoms with Gasteiger partial charge < -0.3 is 10.1 Å². The molecule has 0 fully saturated rings. The minimum atomic E-state index is -0.674. The summed E-state index contributed by atoms with van der Waals surface area (Å²) in [6, 6.07) is 0. The zero-order chi connectivity index (χ0) is 9.14. The largest absolute Gasteiger partial charge is 0.358 e. The molecule has 1 N–H and O–H groups in total. The van der Waals surface area contributed by atoms with Gasteiger partial charge >= 0.3 is 5.82 Å². The number of hydrogen-bond donors (Lipinski definition) is 1. The van der Waals surface area contributed by atoms with Crippen LogP contribution in [0.25, 0.3) is 0 Å². The monoisotopic (exact) mass is 209 g/mol. The molecule has 0 aliphatic rings. The summed E-state index contributed by atoms with van der Waals surface area (Å²) in [6.07, 6.45) is 1.41. The van der Waals surface area contributed by atoms with Gasteiger partial charge in [-0.25, -0.2) is 9.97 Å². The first kappa shape index (κ1) is 9.28. The molecular formula is C5H5Cl2N3O2. The van der Waals surface area contributed by atoms with Crippen molar-refractivity contribution in [1.29, 1.82) is 0 Å². The molecule has 1 aromatic heterocycles. The van der Waals surface area contributed by atoms with Crippen LogP contribution in [0, 0.1) is 10.1 Å². The van der Waals surface area contributed by atoms with E-state index >= 15 is 0 Å². The second kappa shape index (κ2) is 3.73. The standard InChI is InChI=1S/C5H5Cl2N3O2/c6-4(7)1-3-5(10(11)12)9-2-8-3/h2,4H,1H2,(H,8,9). The number of nitrogens with one attached hydrogen (secondary N) is 1. The number of nitrogens with zero attached hydrogens (tertiary/aromatic N) is 2. The smallest absolute Gasteiger partial charge is 0.343 e. The van der Waals surface area contributed by atoms with Crippen LogP contribution in [0.15, 0.2) is 6.33 Å². The molecule has 1 aromatic rings. The normalized spacial score (nSPS) is 10.6. The maximum Gasteiger partial charge on any atom is 0.343 e. The molecule has 0 aromatic carbocycles. The highest BCUT2D eigenvalue weighted by Gasteiger charge is 2.16. The molecule has 0 aliphatic heterocycles. The molecule has 0 radical (unpaired) electrons. The molecule has 0 unspecified atom stereocenters. The molecule has 5 nitrogen and oxygen atoms in total. The topological polar surface area (TPSA) is 71.8 Å². The summed E-state index contributed by atoms with van der Waals surface area (Å²) in [5.74, 6) is -0.152. The minimum absolute atomic E-state index is 0.152. The van der Waals surface area contributed by atoms with Crippen LogP contribution in [-0.2, 0) is 6.42 Å². The first-order chi connectivity index (χ1) is 5.61. The third-order valence-electron chi connectivity index (χ3n) is 1.23. The predicted molar refractivity (Wildman–Crippen MR) is 44.4 cm³/mol. The quantitative estimate of drug-likeness (QED) is 0.468. The summed E-state index contributed by atoms with van der Waals surface area (Å²) in [4.78, 5) is 15.2. The highest BCUT2D eigenvalue weighted by atomic mass is 35.5. The van der Waals surface area contributed by atoms with Crippen LogP contribution in [0.1, 0.15) is 5.69 Å². The van der Waals surface area contributed by atoms with Gasteiger partial charge in [-0.1, -0.05) is 0 Å². The highest BCUT2D eigenvalue weighted by molar-refractivity contribution is 6.44. The van der Waals surface area contributed by atoms with Crippen LogP contribution >= 0.6 is 23.2 Å². The summed E-state index contributed by atoms with van der Waals surface area (Å²) in [5, 5.41) is 10.3. The van der Waals surface area contributed by atoms with Gasteiger partial charge in [0.05, 0.1) is 0 Å². The third-order valence-corrected chi connectivity index (χ3v) is 1.53. The Bertz CT molecular complexity index is 286.